The quantitative estimate of drug-likeness (QED) is 0.410. The van der Waals surface area contributed by atoms with E-state index >= 15 is 0 Å². The van der Waals surface area contributed by atoms with E-state index in [-0.39, 0.29) is 13.2 Å². The molecule has 5 rings (SSSR count). The van der Waals surface area contributed by atoms with Gasteiger partial charge in [-0.3, -0.25) is 0 Å². The Labute approximate surface area is 169 Å². The number of esters is 2. The molecule has 4 aromatic rings. The molecule has 0 fully saturated rings. The zero-order valence-corrected chi connectivity index (χ0v) is 15.5. The minimum Gasteiger partial charge on any atom is -0.455 e. The predicted molar refractivity (Wildman–Crippen MR) is 101 cm³/mol. The molecule has 0 saturated heterocycles. The van der Waals surface area contributed by atoms with Crippen LogP contribution in [0.3, 0.4) is 0 Å². The fraction of sp³-hybridized carbons (Fsp3) is 0.100. The first-order valence-corrected chi connectivity index (χ1v) is 9.04. The Kier molecular flexibility index (Phi) is 4.28. The lowest BCUT2D eigenvalue weighted by molar-refractivity contribution is 0.0460. The lowest BCUT2D eigenvalue weighted by Crippen LogP contribution is -2.11. The number of hydrogen-bond acceptors (Lipinski definition) is 8. The molecule has 0 radical (unpaired) electrons. The van der Waals surface area contributed by atoms with Crippen LogP contribution in [0, 0.1) is 0 Å². The minimum atomic E-state index is -0.531. The molecule has 0 aliphatic carbocycles. The maximum absolute atomic E-state index is 12.7. The van der Waals surface area contributed by atoms with Crippen LogP contribution in [0.2, 0.25) is 0 Å². The van der Waals surface area contributed by atoms with Gasteiger partial charge in [-0.2, -0.15) is 0 Å². The van der Waals surface area contributed by atoms with Crippen LogP contribution < -0.4 is 0 Å². The van der Waals surface area contributed by atoms with Crippen molar-refractivity contribution in [3.8, 4) is 11.4 Å². The molecule has 30 heavy (non-hydrogen) atoms. The van der Waals surface area contributed by atoms with Crippen molar-refractivity contribution in [2.24, 2.45) is 0 Å². The molecule has 0 saturated carbocycles. The molecule has 0 spiro atoms. The van der Waals surface area contributed by atoms with E-state index in [1.807, 2.05) is 0 Å². The summed E-state index contributed by atoms with van der Waals surface area (Å²) in [5.41, 5.74) is 2.48. The SMILES string of the molecule is O=C1OCc2cn(nn2)-c2ccccc2C(=O)OCc2cn(nn2)-c2ccccc21. The number of carbonyl (C=O) groups excluding carboxylic acids is 2. The highest BCUT2D eigenvalue weighted by molar-refractivity contribution is 5.94. The van der Waals surface area contributed by atoms with Crippen LogP contribution in [0.4, 0.5) is 0 Å². The molecule has 0 N–H and O–H groups in total. The molecule has 1 aliphatic rings. The van der Waals surface area contributed by atoms with Crippen LogP contribution in [0.15, 0.2) is 60.9 Å². The summed E-state index contributed by atoms with van der Waals surface area (Å²) in [5.74, 6) is -1.06. The highest BCUT2D eigenvalue weighted by atomic mass is 16.5. The lowest BCUT2D eigenvalue weighted by atomic mass is 10.2. The number of para-hydroxylation sites is 2. The van der Waals surface area contributed by atoms with Gasteiger partial charge < -0.3 is 9.47 Å². The van der Waals surface area contributed by atoms with Gasteiger partial charge in [0.05, 0.1) is 34.9 Å². The lowest BCUT2D eigenvalue weighted by Gasteiger charge is -2.09. The fourth-order valence-electron chi connectivity index (χ4n) is 3.09. The van der Waals surface area contributed by atoms with Gasteiger partial charge in [0.2, 0.25) is 0 Å². The van der Waals surface area contributed by atoms with Crippen molar-refractivity contribution in [2.75, 3.05) is 0 Å². The number of rotatable bonds is 0. The fourth-order valence-corrected chi connectivity index (χ4v) is 3.09. The third kappa shape index (κ3) is 3.20. The first-order chi connectivity index (χ1) is 14.7. The van der Waals surface area contributed by atoms with Crippen LogP contribution >= 0.6 is 0 Å². The van der Waals surface area contributed by atoms with Crippen molar-refractivity contribution in [1.82, 2.24) is 30.0 Å². The van der Waals surface area contributed by atoms with Crippen molar-refractivity contribution in [3.05, 3.63) is 83.4 Å². The standard InChI is InChI=1S/C20H14N6O4/c27-19-15-5-1-3-7-17(15)25-9-13(21-23-25)12-30-20(28)16-6-2-4-8-18(16)26-10-14(11-29-19)22-24-26/h1-10H,11-12H2. The highest BCUT2D eigenvalue weighted by Crippen LogP contribution is 2.19. The molecule has 2 aromatic heterocycles. The molecular formula is C20H14N6O4. The minimum absolute atomic E-state index is 0.0810. The van der Waals surface area contributed by atoms with Gasteiger partial charge >= 0.3 is 11.9 Å². The van der Waals surface area contributed by atoms with Crippen molar-refractivity contribution in [1.29, 1.82) is 0 Å². The number of ether oxygens (including phenoxy) is 2. The van der Waals surface area contributed by atoms with Gasteiger partial charge in [0.25, 0.3) is 0 Å². The number of fused-ring (bicyclic) bond motifs is 8. The summed E-state index contributed by atoms with van der Waals surface area (Å²) < 4.78 is 13.7. The number of hydrogen-bond donors (Lipinski definition) is 0. The largest absolute Gasteiger partial charge is 0.455 e. The molecule has 2 aromatic carbocycles. The van der Waals surface area contributed by atoms with Gasteiger partial charge in [-0.25, -0.2) is 19.0 Å². The average Bonchev–Trinajstić information content (AvgIpc) is 3.45. The topological polar surface area (TPSA) is 114 Å². The Morgan fingerprint density at radius 2 is 1.10 bits per heavy atom. The normalized spacial score (nSPS) is 13.7. The van der Waals surface area contributed by atoms with Gasteiger partial charge in [-0.05, 0) is 24.3 Å². The van der Waals surface area contributed by atoms with Crippen molar-refractivity contribution >= 4 is 11.9 Å². The first kappa shape index (κ1) is 17.7. The molecule has 10 heteroatoms. The smallest absolute Gasteiger partial charge is 0.340 e. The average molecular weight is 402 g/mol. The van der Waals surface area contributed by atoms with Crippen molar-refractivity contribution in [3.63, 3.8) is 0 Å². The summed E-state index contributed by atoms with van der Waals surface area (Å²) >= 11 is 0. The van der Waals surface area contributed by atoms with E-state index in [1.165, 1.54) is 9.36 Å². The number of cyclic esters (lactones) is 2. The second-order valence-corrected chi connectivity index (χ2v) is 6.50. The molecule has 148 valence electrons. The van der Waals surface area contributed by atoms with E-state index in [2.05, 4.69) is 20.6 Å². The zero-order chi connectivity index (χ0) is 20.5. The number of benzene rings is 2. The Balaban J connectivity index is 1.58. The van der Waals surface area contributed by atoms with E-state index in [4.69, 9.17) is 9.47 Å². The summed E-state index contributed by atoms with van der Waals surface area (Å²) in [6, 6.07) is 13.7. The monoisotopic (exact) mass is 402 g/mol. The Morgan fingerprint density at radius 3 is 1.57 bits per heavy atom. The molecule has 1 aliphatic heterocycles. The maximum atomic E-state index is 12.7. The van der Waals surface area contributed by atoms with E-state index in [1.54, 1.807) is 60.9 Å². The summed E-state index contributed by atoms with van der Waals surface area (Å²) in [5, 5.41) is 16.1. The van der Waals surface area contributed by atoms with Crippen LogP contribution in [0.25, 0.3) is 11.4 Å². The van der Waals surface area contributed by atoms with E-state index in [0.29, 0.717) is 33.9 Å². The van der Waals surface area contributed by atoms with E-state index < -0.39 is 11.9 Å². The first-order valence-electron chi connectivity index (χ1n) is 9.04. The molecule has 4 bridgehead atoms. The zero-order valence-electron chi connectivity index (χ0n) is 15.5. The highest BCUT2D eigenvalue weighted by Gasteiger charge is 2.19. The van der Waals surface area contributed by atoms with Gasteiger partial charge in [-0.1, -0.05) is 34.7 Å². The third-order valence-electron chi connectivity index (χ3n) is 4.53. The Bertz CT molecular complexity index is 1160. The summed E-state index contributed by atoms with van der Waals surface area (Å²) in [6.45, 7) is -0.162. The van der Waals surface area contributed by atoms with Gasteiger partial charge in [-0.15, -0.1) is 10.2 Å². The predicted octanol–water partition coefficient (Wildman–Crippen LogP) is 1.88. The van der Waals surface area contributed by atoms with Crippen LogP contribution in [-0.2, 0) is 22.7 Å². The summed E-state index contributed by atoms with van der Waals surface area (Å²) in [4.78, 5) is 25.3. The number of aromatic nitrogens is 6. The molecule has 0 atom stereocenters. The van der Waals surface area contributed by atoms with Gasteiger partial charge in [0.15, 0.2) is 0 Å². The van der Waals surface area contributed by atoms with Crippen LogP contribution in [0.1, 0.15) is 32.1 Å². The van der Waals surface area contributed by atoms with Gasteiger partial charge in [0.1, 0.15) is 24.6 Å². The summed E-state index contributed by atoms with van der Waals surface area (Å²) in [7, 11) is 0. The Hall–Kier alpha value is -4.34. The maximum Gasteiger partial charge on any atom is 0.340 e. The number of carbonyl (C=O) groups is 2. The van der Waals surface area contributed by atoms with E-state index in [9.17, 15) is 9.59 Å². The molecule has 0 unspecified atom stereocenters. The van der Waals surface area contributed by atoms with Crippen molar-refractivity contribution < 1.29 is 19.1 Å². The van der Waals surface area contributed by atoms with Crippen LogP contribution in [-0.4, -0.2) is 41.9 Å². The van der Waals surface area contributed by atoms with Crippen molar-refractivity contribution in [2.45, 2.75) is 13.2 Å². The second-order valence-electron chi connectivity index (χ2n) is 6.50. The summed E-state index contributed by atoms with van der Waals surface area (Å²) in [6.07, 6.45) is 3.19. The Morgan fingerprint density at radius 1 is 0.667 bits per heavy atom. The van der Waals surface area contributed by atoms with E-state index in [0.717, 1.165) is 0 Å². The third-order valence-corrected chi connectivity index (χ3v) is 4.53. The second kappa shape index (κ2) is 7.24. The van der Waals surface area contributed by atoms with Crippen LogP contribution in [0.5, 0.6) is 0 Å². The molecule has 0 amide bonds. The molecular weight excluding hydrogens is 388 g/mol. The molecule has 3 heterocycles. The number of nitrogens with zero attached hydrogens (tertiary/aromatic N) is 6. The molecule has 10 nitrogen and oxygen atoms in total. The van der Waals surface area contributed by atoms with Gasteiger partial charge in [0, 0.05) is 0 Å².